The number of aliphatic hydroxyl groups excluding tert-OH is 1. The zero-order valence-electron chi connectivity index (χ0n) is 19.8. The Labute approximate surface area is 206 Å². The molecule has 36 heavy (non-hydrogen) atoms. The number of nitrogens with zero attached hydrogens (tertiary/aromatic N) is 4. The average Bonchev–Trinajstić information content (AvgIpc) is 3.32. The number of hydrogen-bond donors (Lipinski definition) is 5. The van der Waals surface area contributed by atoms with Crippen LogP contribution in [0.5, 0.6) is 0 Å². The van der Waals surface area contributed by atoms with Crippen LogP contribution in [0.25, 0.3) is 11.2 Å². The van der Waals surface area contributed by atoms with Crippen molar-refractivity contribution in [2.24, 2.45) is 5.92 Å². The monoisotopic (exact) mass is 495 g/mol. The molecule has 3 aromatic rings. The van der Waals surface area contributed by atoms with E-state index in [9.17, 15) is 14.7 Å². The number of imidazole rings is 1. The molecule has 12 heteroatoms. The van der Waals surface area contributed by atoms with Gasteiger partial charge in [0, 0.05) is 25.4 Å². The van der Waals surface area contributed by atoms with Crippen molar-refractivity contribution >= 4 is 34.8 Å². The molecular formula is C24H29N7O5. The van der Waals surface area contributed by atoms with Crippen LogP contribution in [0.4, 0.5) is 11.8 Å². The smallest absolute Gasteiger partial charge is 0.303 e. The highest BCUT2D eigenvalue weighted by molar-refractivity contribution is 5.89. The SMILES string of the molecule is CCNC(=O)C12CC1[C@H](O)[C@H](n1cnc3c(N)nc(NCCc4ccc(CCC(=O)O)cc4)nc31)O2. The van der Waals surface area contributed by atoms with Crippen LogP contribution in [-0.4, -0.2) is 66.4 Å². The van der Waals surface area contributed by atoms with Gasteiger partial charge in [0.2, 0.25) is 5.95 Å². The number of likely N-dealkylation sites (N-methyl/N-ethyl adjacent to an activating group) is 1. The molecular weight excluding hydrogens is 466 g/mol. The first-order chi connectivity index (χ1) is 17.3. The van der Waals surface area contributed by atoms with Crippen molar-refractivity contribution in [2.75, 3.05) is 24.1 Å². The average molecular weight is 496 g/mol. The maximum absolute atomic E-state index is 12.5. The minimum atomic E-state index is -1.01. The number of aromatic nitrogens is 4. The number of carboxylic acids is 1. The van der Waals surface area contributed by atoms with E-state index in [0.717, 1.165) is 11.1 Å². The second-order valence-corrected chi connectivity index (χ2v) is 9.20. The number of aliphatic carboxylic acids is 1. The van der Waals surface area contributed by atoms with E-state index in [1.165, 1.54) is 6.33 Å². The Morgan fingerprint density at radius 1 is 1.22 bits per heavy atom. The molecule has 1 amide bonds. The van der Waals surface area contributed by atoms with Crippen LogP contribution < -0.4 is 16.4 Å². The molecule has 2 aliphatic rings. The van der Waals surface area contributed by atoms with Gasteiger partial charge in [0.05, 0.1) is 6.33 Å². The normalized spacial score (nSPS) is 24.4. The number of nitrogen functional groups attached to an aromatic ring is 1. The molecule has 1 aromatic carbocycles. The summed E-state index contributed by atoms with van der Waals surface area (Å²) < 4.78 is 7.67. The van der Waals surface area contributed by atoms with Crippen LogP contribution in [-0.2, 0) is 27.2 Å². The number of nitrogens with one attached hydrogen (secondary N) is 2. The molecule has 5 rings (SSSR count). The van der Waals surface area contributed by atoms with E-state index in [1.54, 1.807) is 4.57 Å². The third kappa shape index (κ3) is 4.33. The fourth-order valence-electron chi connectivity index (χ4n) is 4.78. The second kappa shape index (κ2) is 9.36. The van der Waals surface area contributed by atoms with Crippen molar-refractivity contribution < 1.29 is 24.5 Å². The predicted octanol–water partition coefficient (Wildman–Crippen LogP) is 0.865. The molecule has 3 heterocycles. The number of amides is 1. The van der Waals surface area contributed by atoms with Crippen molar-refractivity contribution in [3.05, 3.63) is 41.7 Å². The summed E-state index contributed by atoms with van der Waals surface area (Å²) in [6.07, 6.45) is 1.59. The molecule has 0 radical (unpaired) electrons. The van der Waals surface area contributed by atoms with Gasteiger partial charge in [-0.15, -0.1) is 0 Å². The maximum atomic E-state index is 12.5. The number of fused-ring (bicyclic) bond motifs is 2. The van der Waals surface area contributed by atoms with E-state index >= 15 is 0 Å². The van der Waals surface area contributed by atoms with Crippen LogP contribution in [0.3, 0.4) is 0 Å². The highest BCUT2D eigenvalue weighted by atomic mass is 16.6. The van der Waals surface area contributed by atoms with E-state index in [2.05, 4.69) is 25.6 Å². The summed E-state index contributed by atoms with van der Waals surface area (Å²) in [7, 11) is 0. The van der Waals surface area contributed by atoms with E-state index in [-0.39, 0.29) is 24.1 Å². The van der Waals surface area contributed by atoms with Crippen molar-refractivity contribution in [3.8, 4) is 0 Å². The summed E-state index contributed by atoms with van der Waals surface area (Å²) >= 11 is 0. The molecule has 2 fully saturated rings. The molecule has 12 nitrogen and oxygen atoms in total. The number of aryl methyl sites for hydroxylation is 1. The number of carboxylic acid groups (broad SMARTS) is 1. The number of carbonyl (C=O) groups excluding carboxylic acids is 1. The summed E-state index contributed by atoms with van der Waals surface area (Å²) in [6.45, 7) is 2.86. The van der Waals surface area contributed by atoms with Crippen LogP contribution >= 0.6 is 0 Å². The molecule has 2 unspecified atom stereocenters. The van der Waals surface area contributed by atoms with Crippen molar-refractivity contribution in [1.82, 2.24) is 24.8 Å². The Balaban J connectivity index is 1.27. The lowest BCUT2D eigenvalue weighted by atomic mass is 10.1. The Hall–Kier alpha value is -3.77. The van der Waals surface area contributed by atoms with Crippen LogP contribution in [0.15, 0.2) is 30.6 Å². The van der Waals surface area contributed by atoms with Gasteiger partial charge in [0.1, 0.15) is 11.6 Å². The first kappa shape index (κ1) is 23.9. The number of aliphatic hydroxyl groups is 1. The lowest BCUT2D eigenvalue weighted by Crippen LogP contribution is -2.38. The minimum absolute atomic E-state index is 0.106. The van der Waals surface area contributed by atoms with E-state index in [0.29, 0.717) is 49.5 Å². The number of ether oxygens (including phenoxy) is 1. The molecule has 1 aliphatic heterocycles. The third-order valence-electron chi connectivity index (χ3n) is 6.79. The number of nitrogens with two attached hydrogens (primary N) is 1. The topological polar surface area (TPSA) is 178 Å². The molecule has 1 aliphatic carbocycles. The van der Waals surface area contributed by atoms with Crippen molar-refractivity contribution in [1.29, 1.82) is 0 Å². The minimum Gasteiger partial charge on any atom is -0.481 e. The summed E-state index contributed by atoms with van der Waals surface area (Å²) in [5.74, 6) is -0.796. The van der Waals surface area contributed by atoms with Crippen LogP contribution in [0.1, 0.15) is 37.1 Å². The fraction of sp³-hybridized carbons (Fsp3) is 0.458. The Kier molecular flexibility index (Phi) is 6.22. The Bertz CT molecular complexity index is 1290. The lowest BCUT2D eigenvalue weighted by molar-refractivity contribution is -0.142. The first-order valence-electron chi connectivity index (χ1n) is 12.0. The van der Waals surface area contributed by atoms with Gasteiger partial charge in [0.15, 0.2) is 23.3 Å². The van der Waals surface area contributed by atoms with Crippen LogP contribution in [0, 0.1) is 5.92 Å². The largest absolute Gasteiger partial charge is 0.481 e. The zero-order chi connectivity index (χ0) is 25.4. The van der Waals surface area contributed by atoms with Gasteiger partial charge in [0.25, 0.3) is 5.91 Å². The molecule has 6 N–H and O–H groups in total. The molecule has 1 saturated heterocycles. The number of benzene rings is 1. The third-order valence-corrected chi connectivity index (χ3v) is 6.79. The van der Waals surface area contributed by atoms with Gasteiger partial charge in [-0.25, -0.2) is 4.98 Å². The van der Waals surface area contributed by atoms with Crippen molar-refractivity contribution in [3.63, 3.8) is 0 Å². The van der Waals surface area contributed by atoms with E-state index < -0.39 is 23.9 Å². The van der Waals surface area contributed by atoms with Gasteiger partial charge in [-0.2, -0.15) is 9.97 Å². The lowest BCUT2D eigenvalue weighted by Gasteiger charge is -2.21. The number of anilines is 2. The summed E-state index contributed by atoms with van der Waals surface area (Å²) in [5, 5.41) is 25.6. The van der Waals surface area contributed by atoms with Gasteiger partial charge in [-0.3, -0.25) is 14.2 Å². The number of rotatable bonds is 10. The van der Waals surface area contributed by atoms with Gasteiger partial charge >= 0.3 is 5.97 Å². The fourth-order valence-corrected chi connectivity index (χ4v) is 4.78. The second-order valence-electron chi connectivity index (χ2n) is 9.20. The van der Waals surface area contributed by atoms with Crippen molar-refractivity contribution in [2.45, 2.75) is 50.5 Å². The molecule has 190 valence electrons. The van der Waals surface area contributed by atoms with Gasteiger partial charge < -0.3 is 31.3 Å². The number of carbonyl (C=O) groups is 2. The highest BCUT2D eigenvalue weighted by Crippen LogP contribution is 2.59. The Morgan fingerprint density at radius 3 is 2.64 bits per heavy atom. The molecule has 0 spiro atoms. The molecule has 4 atom stereocenters. The summed E-state index contributed by atoms with van der Waals surface area (Å²) in [6, 6.07) is 7.81. The van der Waals surface area contributed by atoms with Gasteiger partial charge in [-0.05, 0) is 37.3 Å². The van der Waals surface area contributed by atoms with E-state index in [4.69, 9.17) is 15.6 Å². The zero-order valence-corrected chi connectivity index (χ0v) is 19.8. The molecule has 1 saturated carbocycles. The molecule has 2 aromatic heterocycles. The maximum Gasteiger partial charge on any atom is 0.303 e. The summed E-state index contributed by atoms with van der Waals surface area (Å²) in [5.41, 5.74) is 7.97. The standard InChI is InChI=1S/C24H29N7O5/c1-2-26-22(35)24-11-15(24)18(34)21(36-24)31-12-28-17-19(25)29-23(30-20(17)31)27-10-9-14-5-3-13(4-6-14)7-8-16(32)33/h3-6,12,15,18,21,34H,2,7-11H2,1H3,(H,26,35)(H,32,33)(H3,25,27,29,30)/t15?,18-,21+,24?/m0/s1. The predicted molar refractivity (Wildman–Crippen MR) is 130 cm³/mol. The quantitative estimate of drug-likeness (QED) is 0.271. The Morgan fingerprint density at radius 2 is 1.94 bits per heavy atom. The first-order valence-corrected chi connectivity index (χ1v) is 12.0. The van der Waals surface area contributed by atoms with E-state index in [1.807, 2.05) is 31.2 Å². The highest BCUT2D eigenvalue weighted by Gasteiger charge is 2.72. The molecule has 0 bridgehead atoms. The van der Waals surface area contributed by atoms with Gasteiger partial charge in [-0.1, -0.05) is 24.3 Å². The number of hydrogen-bond acceptors (Lipinski definition) is 9. The van der Waals surface area contributed by atoms with Crippen LogP contribution in [0.2, 0.25) is 0 Å². The summed E-state index contributed by atoms with van der Waals surface area (Å²) in [4.78, 5) is 36.4.